The zero-order valence-corrected chi connectivity index (χ0v) is 15.3. The van der Waals surface area contributed by atoms with Gasteiger partial charge in [-0.2, -0.15) is 0 Å². The van der Waals surface area contributed by atoms with Gasteiger partial charge in [0.25, 0.3) is 0 Å². The Bertz CT molecular complexity index is 875. The largest absolute Gasteiger partial charge is 0.421 e. The minimum atomic E-state index is -0.0397. The number of hydrogen-bond acceptors (Lipinski definition) is 4. The third-order valence-electron chi connectivity index (χ3n) is 3.96. The zero-order chi connectivity index (χ0) is 18.4. The van der Waals surface area contributed by atoms with Crippen LogP contribution in [-0.2, 0) is 17.6 Å². The normalized spacial score (nSPS) is 10.7. The number of amides is 1. The third-order valence-corrected chi connectivity index (χ3v) is 4.19. The van der Waals surface area contributed by atoms with Crippen LogP contribution in [-0.4, -0.2) is 22.6 Å². The van der Waals surface area contributed by atoms with Crippen LogP contribution in [0, 0.1) is 6.92 Å². The molecule has 0 saturated heterocycles. The summed E-state index contributed by atoms with van der Waals surface area (Å²) in [4.78, 5) is 12.0. The second-order valence-corrected chi connectivity index (χ2v) is 6.53. The molecule has 1 heterocycles. The zero-order valence-electron chi connectivity index (χ0n) is 14.5. The van der Waals surface area contributed by atoms with Crippen LogP contribution < -0.4 is 5.32 Å². The lowest BCUT2D eigenvalue weighted by molar-refractivity contribution is -0.121. The minimum absolute atomic E-state index is 0.0397. The Morgan fingerprint density at radius 2 is 1.92 bits per heavy atom. The average Bonchev–Trinajstić information content (AvgIpc) is 3.10. The lowest BCUT2D eigenvalue weighted by Crippen LogP contribution is -2.25. The number of nitrogens with one attached hydrogen (secondary N) is 1. The molecule has 134 valence electrons. The Balaban J connectivity index is 1.44. The summed E-state index contributed by atoms with van der Waals surface area (Å²) in [6, 6.07) is 15.5. The lowest BCUT2D eigenvalue weighted by Gasteiger charge is -2.05. The van der Waals surface area contributed by atoms with Gasteiger partial charge in [0.05, 0.1) is 0 Å². The molecule has 1 aromatic heterocycles. The number of aryl methyl sites for hydroxylation is 2. The average molecular weight is 370 g/mol. The van der Waals surface area contributed by atoms with Crippen molar-refractivity contribution >= 4 is 17.5 Å². The molecule has 0 aliphatic heterocycles. The molecule has 3 aromatic rings. The highest BCUT2D eigenvalue weighted by Gasteiger charge is 2.10. The first-order chi connectivity index (χ1) is 12.6. The maximum Gasteiger partial charge on any atom is 0.247 e. The molecule has 0 aliphatic rings. The second-order valence-electron chi connectivity index (χ2n) is 6.10. The van der Waals surface area contributed by atoms with E-state index in [1.165, 1.54) is 5.56 Å². The molecule has 0 fully saturated rings. The molecule has 0 saturated carbocycles. The van der Waals surface area contributed by atoms with Crippen LogP contribution in [0.2, 0.25) is 5.02 Å². The number of hydrogen-bond donors (Lipinski definition) is 1. The number of carbonyl (C=O) groups excluding carboxylic acids is 1. The minimum Gasteiger partial charge on any atom is -0.421 e. The molecule has 3 rings (SSSR count). The van der Waals surface area contributed by atoms with Crippen LogP contribution >= 0.6 is 11.6 Å². The Morgan fingerprint density at radius 3 is 2.69 bits per heavy atom. The summed E-state index contributed by atoms with van der Waals surface area (Å²) in [6.07, 6.45) is 1.47. The smallest absolute Gasteiger partial charge is 0.247 e. The number of benzene rings is 2. The molecule has 0 aliphatic carbocycles. The standard InChI is InChI=1S/C20H20ClN3O2/c1-14-5-7-16(8-6-14)20-24-23-19(26-20)10-9-18(25)22-12-11-15-3-2-4-17(21)13-15/h2-8,13H,9-12H2,1H3,(H,22,25). The van der Waals surface area contributed by atoms with Crippen molar-refractivity contribution in [3.63, 3.8) is 0 Å². The van der Waals surface area contributed by atoms with Crippen molar-refractivity contribution in [2.24, 2.45) is 0 Å². The maximum absolute atomic E-state index is 12.0. The Morgan fingerprint density at radius 1 is 1.12 bits per heavy atom. The van der Waals surface area contributed by atoms with E-state index in [1.54, 1.807) is 0 Å². The molecular weight excluding hydrogens is 350 g/mol. The van der Waals surface area contributed by atoms with Crippen molar-refractivity contribution in [2.75, 3.05) is 6.54 Å². The van der Waals surface area contributed by atoms with Gasteiger partial charge in [-0.1, -0.05) is 41.4 Å². The van der Waals surface area contributed by atoms with E-state index in [0.29, 0.717) is 36.2 Å². The van der Waals surface area contributed by atoms with Crippen LogP contribution in [0.25, 0.3) is 11.5 Å². The molecule has 6 heteroatoms. The van der Waals surface area contributed by atoms with Crippen LogP contribution in [0.3, 0.4) is 0 Å². The summed E-state index contributed by atoms with van der Waals surface area (Å²) in [7, 11) is 0. The number of nitrogens with zero attached hydrogens (tertiary/aromatic N) is 2. The van der Waals surface area contributed by atoms with Gasteiger partial charge in [0.15, 0.2) is 0 Å². The van der Waals surface area contributed by atoms with Crippen molar-refractivity contribution in [3.05, 3.63) is 70.6 Å². The van der Waals surface area contributed by atoms with Gasteiger partial charge < -0.3 is 9.73 Å². The van der Waals surface area contributed by atoms with Gasteiger partial charge in [-0.25, -0.2) is 0 Å². The van der Waals surface area contributed by atoms with E-state index >= 15 is 0 Å². The molecule has 5 nitrogen and oxygen atoms in total. The first kappa shape index (κ1) is 18.1. The molecule has 2 aromatic carbocycles. The van der Waals surface area contributed by atoms with Crippen molar-refractivity contribution < 1.29 is 9.21 Å². The molecular formula is C20H20ClN3O2. The van der Waals surface area contributed by atoms with Crippen molar-refractivity contribution in [1.29, 1.82) is 0 Å². The highest BCUT2D eigenvalue weighted by atomic mass is 35.5. The second kappa shape index (κ2) is 8.63. The van der Waals surface area contributed by atoms with Gasteiger partial charge in [0.2, 0.25) is 17.7 Å². The fraction of sp³-hybridized carbons (Fsp3) is 0.250. The van der Waals surface area contributed by atoms with Gasteiger partial charge in [-0.3, -0.25) is 4.79 Å². The quantitative estimate of drug-likeness (QED) is 0.683. The summed E-state index contributed by atoms with van der Waals surface area (Å²) in [5.41, 5.74) is 3.14. The molecule has 1 N–H and O–H groups in total. The Hall–Kier alpha value is -2.66. The number of carbonyl (C=O) groups is 1. The van der Waals surface area contributed by atoms with E-state index < -0.39 is 0 Å². The number of rotatable bonds is 7. The molecule has 26 heavy (non-hydrogen) atoms. The lowest BCUT2D eigenvalue weighted by atomic mass is 10.1. The van der Waals surface area contributed by atoms with E-state index in [4.69, 9.17) is 16.0 Å². The van der Waals surface area contributed by atoms with Gasteiger partial charge in [0, 0.05) is 30.0 Å². The van der Waals surface area contributed by atoms with Gasteiger partial charge in [-0.15, -0.1) is 10.2 Å². The van der Waals surface area contributed by atoms with Gasteiger partial charge in [-0.05, 0) is 43.2 Å². The van der Waals surface area contributed by atoms with Gasteiger partial charge >= 0.3 is 0 Å². The molecule has 1 amide bonds. The summed E-state index contributed by atoms with van der Waals surface area (Å²) < 4.78 is 5.63. The molecule has 0 atom stereocenters. The summed E-state index contributed by atoms with van der Waals surface area (Å²) >= 11 is 5.95. The molecule has 0 bridgehead atoms. The van der Waals surface area contributed by atoms with Crippen LogP contribution in [0.5, 0.6) is 0 Å². The van der Waals surface area contributed by atoms with E-state index in [2.05, 4.69) is 15.5 Å². The van der Waals surface area contributed by atoms with E-state index in [0.717, 1.165) is 17.5 Å². The predicted molar refractivity (Wildman–Crippen MR) is 101 cm³/mol. The summed E-state index contributed by atoms with van der Waals surface area (Å²) in [5.74, 6) is 0.897. The highest BCUT2D eigenvalue weighted by molar-refractivity contribution is 6.30. The van der Waals surface area contributed by atoms with E-state index in [-0.39, 0.29) is 5.91 Å². The molecule has 0 unspecified atom stereocenters. The third kappa shape index (κ3) is 5.17. The molecule has 0 radical (unpaired) electrons. The van der Waals surface area contributed by atoms with Crippen molar-refractivity contribution in [3.8, 4) is 11.5 Å². The van der Waals surface area contributed by atoms with E-state index in [9.17, 15) is 4.79 Å². The number of aromatic nitrogens is 2. The van der Waals surface area contributed by atoms with Crippen molar-refractivity contribution in [2.45, 2.75) is 26.2 Å². The fourth-order valence-electron chi connectivity index (χ4n) is 2.52. The Kier molecular flexibility index (Phi) is 6.02. The highest BCUT2D eigenvalue weighted by Crippen LogP contribution is 2.18. The summed E-state index contributed by atoms with van der Waals surface area (Å²) in [5, 5.41) is 11.7. The topological polar surface area (TPSA) is 68.0 Å². The Labute approximate surface area is 157 Å². The SMILES string of the molecule is Cc1ccc(-c2nnc(CCC(=O)NCCc3cccc(Cl)c3)o2)cc1. The first-order valence-corrected chi connectivity index (χ1v) is 8.88. The maximum atomic E-state index is 12.0. The predicted octanol–water partition coefficient (Wildman–Crippen LogP) is 3.99. The van der Waals surface area contributed by atoms with Crippen LogP contribution in [0.15, 0.2) is 52.9 Å². The van der Waals surface area contributed by atoms with Crippen LogP contribution in [0.1, 0.15) is 23.4 Å². The number of halogens is 1. The van der Waals surface area contributed by atoms with E-state index in [1.807, 2.05) is 55.5 Å². The summed E-state index contributed by atoms with van der Waals surface area (Å²) in [6.45, 7) is 2.59. The van der Waals surface area contributed by atoms with Crippen molar-refractivity contribution in [1.82, 2.24) is 15.5 Å². The first-order valence-electron chi connectivity index (χ1n) is 8.51. The molecule has 0 spiro atoms. The monoisotopic (exact) mass is 369 g/mol. The fourth-order valence-corrected chi connectivity index (χ4v) is 2.73. The van der Waals surface area contributed by atoms with Gasteiger partial charge in [0.1, 0.15) is 0 Å². The van der Waals surface area contributed by atoms with Crippen LogP contribution in [0.4, 0.5) is 0 Å².